The van der Waals surface area contributed by atoms with E-state index in [4.69, 9.17) is 0 Å². The fourth-order valence-corrected chi connectivity index (χ4v) is 5.94. The topological polar surface area (TPSA) is 37.1 Å². The Morgan fingerprint density at radius 1 is 1.14 bits per heavy atom. The number of nitrogens with zero attached hydrogens (tertiary/aromatic N) is 1. The molecule has 22 heavy (non-hydrogen) atoms. The predicted molar refractivity (Wildman–Crippen MR) is 91.5 cm³/mol. The Morgan fingerprint density at radius 3 is 1.91 bits per heavy atom. The molecule has 4 heteroatoms. The molecule has 2 rings (SSSR count). The van der Waals surface area contributed by atoms with E-state index in [1.54, 1.807) is 4.31 Å². The summed E-state index contributed by atoms with van der Waals surface area (Å²) in [7, 11) is -3.50. The van der Waals surface area contributed by atoms with Gasteiger partial charge in [-0.05, 0) is 44.2 Å². The maximum absolute atomic E-state index is 13.2. The zero-order valence-electron chi connectivity index (χ0n) is 14.7. The highest BCUT2D eigenvalue weighted by atomic mass is 32.2. The first-order valence-electron chi connectivity index (χ1n) is 7.66. The van der Waals surface area contributed by atoms with Crippen LogP contribution in [0.4, 0.5) is 0 Å². The van der Waals surface area contributed by atoms with Crippen LogP contribution in [0, 0.1) is 26.2 Å². The van der Waals surface area contributed by atoms with Crippen LogP contribution in [0.1, 0.15) is 44.4 Å². The molecule has 0 bridgehead atoms. The van der Waals surface area contributed by atoms with Crippen molar-refractivity contribution >= 4 is 10.0 Å². The fourth-order valence-electron chi connectivity index (χ4n) is 3.53. The van der Waals surface area contributed by atoms with Crippen LogP contribution in [0.5, 0.6) is 0 Å². The van der Waals surface area contributed by atoms with Crippen LogP contribution >= 0.6 is 0 Å². The first-order chi connectivity index (χ1) is 9.89. The maximum Gasteiger partial charge on any atom is 0.244 e. The summed E-state index contributed by atoms with van der Waals surface area (Å²) in [4.78, 5) is 0.455. The standard InChI is InChI=1S/C18H27NO2S/c1-11(2)15-17(18(6,7)8)19(15)22(20,21)16-13(4)9-12(3)10-14(16)5/h9-10,15,17H,1H2,2-8H3/t15-,17+,19?/m0/s1. The van der Waals surface area contributed by atoms with Gasteiger partial charge in [-0.1, -0.05) is 50.6 Å². The van der Waals surface area contributed by atoms with Gasteiger partial charge in [-0.3, -0.25) is 0 Å². The monoisotopic (exact) mass is 321 g/mol. The molecule has 1 heterocycles. The Hall–Kier alpha value is -1.13. The average Bonchev–Trinajstić information content (AvgIpc) is 3.01. The third kappa shape index (κ3) is 2.74. The summed E-state index contributed by atoms with van der Waals surface area (Å²) in [5.41, 5.74) is 3.52. The Balaban J connectivity index is 2.55. The molecule has 122 valence electrons. The Labute approximate surface area is 135 Å². The van der Waals surface area contributed by atoms with E-state index < -0.39 is 10.0 Å². The van der Waals surface area contributed by atoms with Gasteiger partial charge in [0.2, 0.25) is 10.0 Å². The second-order valence-corrected chi connectivity index (χ2v) is 9.44. The minimum absolute atomic E-state index is 0.0184. The third-order valence-electron chi connectivity index (χ3n) is 4.29. The van der Waals surface area contributed by atoms with Crippen LogP contribution in [-0.2, 0) is 10.0 Å². The first kappa shape index (κ1) is 17.2. The molecule has 0 aromatic heterocycles. The van der Waals surface area contributed by atoms with E-state index in [2.05, 4.69) is 27.4 Å². The van der Waals surface area contributed by atoms with Crippen molar-refractivity contribution < 1.29 is 8.42 Å². The fraction of sp³-hybridized carbons (Fsp3) is 0.556. The molecule has 1 fully saturated rings. The predicted octanol–water partition coefficient (Wildman–Crippen LogP) is 3.98. The van der Waals surface area contributed by atoms with E-state index in [0.717, 1.165) is 22.3 Å². The van der Waals surface area contributed by atoms with E-state index >= 15 is 0 Å². The second-order valence-electron chi connectivity index (χ2n) is 7.66. The summed E-state index contributed by atoms with van der Waals surface area (Å²) in [6.45, 7) is 17.9. The number of aryl methyl sites for hydroxylation is 3. The molecule has 0 saturated carbocycles. The van der Waals surface area contributed by atoms with Crippen LogP contribution in [0.2, 0.25) is 0 Å². The van der Waals surface area contributed by atoms with Crippen molar-refractivity contribution in [3.63, 3.8) is 0 Å². The second kappa shape index (κ2) is 5.20. The molecule has 1 saturated heterocycles. The zero-order chi connectivity index (χ0) is 17.0. The van der Waals surface area contributed by atoms with Crippen molar-refractivity contribution in [2.75, 3.05) is 0 Å². The lowest BCUT2D eigenvalue weighted by Gasteiger charge is -2.19. The minimum atomic E-state index is -3.50. The van der Waals surface area contributed by atoms with Gasteiger partial charge in [0.05, 0.1) is 17.0 Å². The van der Waals surface area contributed by atoms with Crippen molar-refractivity contribution in [1.29, 1.82) is 0 Å². The van der Waals surface area contributed by atoms with Gasteiger partial charge >= 0.3 is 0 Å². The average molecular weight is 321 g/mol. The highest BCUT2D eigenvalue weighted by Gasteiger charge is 2.60. The number of hydrogen-bond acceptors (Lipinski definition) is 2. The van der Waals surface area contributed by atoms with Gasteiger partial charge in [0.1, 0.15) is 0 Å². The van der Waals surface area contributed by atoms with Crippen molar-refractivity contribution in [2.45, 2.75) is 65.4 Å². The van der Waals surface area contributed by atoms with Gasteiger partial charge in [0.25, 0.3) is 0 Å². The van der Waals surface area contributed by atoms with Crippen molar-refractivity contribution in [1.82, 2.24) is 4.31 Å². The number of sulfonamides is 1. The molecule has 1 unspecified atom stereocenters. The molecule has 1 aliphatic heterocycles. The lowest BCUT2D eigenvalue weighted by atomic mass is 9.89. The van der Waals surface area contributed by atoms with Gasteiger partial charge in [-0.2, -0.15) is 4.31 Å². The molecule has 0 spiro atoms. The minimum Gasteiger partial charge on any atom is -0.207 e. The van der Waals surface area contributed by atoms with E-state index in [0.29, 0.717) is 4.90 Å². The molecule has 1 aromatic carbocycles. The van der Waals surface area contributed by atoms with Gasteiger partial charge < -0.3 is 0 Å². The normalized spacial score (nSPS) is 25.1. The van der Waals surface area contributed by atoms with E-state index in [9.17, 15) is 8.42 Å². The van der Waals surface area contributed by atoms with Crippen LogP contribution in [0.15, 0.2) is 29.2 Å². The molecular formula is C18H27NO2S. The van der Waals surface area contributed by atoms with Gasteiger partial charge in [-0.25, -0.2) is 8.42 Å². The molecular weight excluding hydrogens is 294 g/mol. The number of hydrogen-bond donors (Lipinski definition) is 0. The highest BCUT2D eigenvalue weighted by Crippen LogP contribution is 2.49. The summed E-state index contributed by atoms with van der Waals surface area (Å²) in [6, 6.07) is 3.76. The van der Waals surface area contributed by atoms with Crippen molar-refractivity contribution in [3.05, 3.63) is 41.0 Å². The van der Waals surface area contributed by atoms with Crippen LogP contribution < -0.4 is 0 Å². The third-order valence-corrected chi connectivity index (χ3v) is 6.46. The molecule has 0 amide bonds. The molecule has 1 aliphatic rings. The number of benzene rings is 1. The van der Waals surface area contributed by atoms with Gasteiger partial charge in [0, 0.05) is 0 Å². The Morgan fingerprint density at radius 2 is 1.59 bits per heavy atom. The van der Waals surface area contributed by atoms with Crippen molar-refractivity contribution in [3.8, 4) is 0 Å². The first-order valence-corrected chi connectivity index (χ1v) is 9.10. The Bertz CT molecular complexity index is 703. The molecule has 1 aromatic rings. The lowest BCUT2D eigenvalue weighted by Crippen LogP contribution is -2.24. The lowest BCUT2D eigenvalue weighted by molar-refractivity contribution is 0.369. The Kier molecular flexibility index (Phi) is 4.08. The maximum atomic E-state index is 13.2. The smallest absolute Gasteiger partial charge is 0.207 e. The van der Waals surface area contributed by atoms with E-state index in [1.807, 2.05) is 39.8 Å². The SMILES string of the molecule is C=C(C)[C@H]1[C@H](C(C)(C)C)N1S(=O)(=O)c1c(C)cc(C)cc1C. The highest BCUT2D eigenvalue weighted by molar-refractivity contribution is 7.89. The molecule has 0 N–H and O–H groups in total. The molecule has 0 radical (unpaired) electrons. The van der Waals surface area contributed by atoms with Gasteiger partial charge in [-0.15, -0.1) is 0 Å². The summed E-state index contributed by atoms with van der Waals surface area (Å²) < 4.78 is 28.0. The molecule has 0 aliphatic carbocycles. The quantitative estimate of drug-likeness (QED) is 0.624. The van der Waals surface area contributed by atoms with E-state index in [-0.39, 0.29) is 17.5 Å². The summed E-state index contributed by atoms with van der Waals surface area (Å²) in [5.74, 6) is 0. The summed E-state index contributed by atoms with van der Waals surface area (Å²) >= 11 is 0. The van der Waals surface area contributed by atoms with Crippen LogP contribution in [-0.4, -0.2) is 24.8 Å². The van der Waals surface area contributed by atoms with Gasteiger partial charge in [0.15, 0.2) is 0 Å². The van der Waals surface area contributed by atoms with Crippen molar-refractivity contribution in [2.24, 2.45) is 5.41 Å². The zero-order valence-corrected chi connectivity index (χ0v) is 15.5. The number of rotatable bonds is 3. The summed E-state index contributed by atoms with van der Waals surface area (Å²) in [6.07, 6.45) is 0. The van der Waals surface area contributed by atoms with E-state index in [1.165, 1.54) is 0 Å². The van der Waals surface area contributed by atoms with Crippen LogP contribution in [0.3, 0.4) is 0 Å². The largest absolute Gasteiger partial charge is 0.244 e. The van der Waals surface area contributed by atoms with Crippen LogP contribution in [0.25, 0.3) is 0 Å². The molecule has 3 atom stereocenters. The molecule has 3 nitrogen and oxygen atoms in total. The summed E-state index contributed by atoms with van der Waals surface area (Å²) in [5, 5.41) is 0.